The summed E-state index contributed by atoms with van der Waals surface area (Å²) in [5.41, 5.74) is 2.96. The van der Waals surface area contributed by atoms with Crippen LogP contribution in [0.1, 0.15) is 13.8 Å². The average Bonchev–Trinajstić information content (AvgIpc) is 3.08. The summed E-state index contributed by atoms with van der Waals surface area (Å²) in [6.07, 6.45) is 13.2. The van der Waals surface area contributed by atoms with E-state index < -0.39 is 18.1 Å². The first kappa shape index (κ1) is 30.3. The molecule has 6 aromatic rings. The fourth-order valence-corrected chi connectivity index (χ4v) is 4.15. The van der Waals surface area contributed by atoms with Gasteiger partial charge in [0, 0.05) is 59.1 Å². The van der Waals surface area contributed by atoms with Crippen molar-refractivity contribution in [2.24, 2.45) is 0 Å². The maximum Gasteiger partial charge on any atom is 0.328 e. The van der Waals surface area contributed by atoms with Crippen molar-refractivity contribution in [2.45, 2.75) is 25.9 Å². The van der Waals surface area contributed by atoms with Crippen molar-refractivity contribution in [2.75, 3.05) is 17.7 Å². The van der Waals surface area contributed by atoms with Gasteiger partial charge in [0.2, 0.25) is 0 Å². The van der Waals surface area contributed by atoms with Gasteiger partial charge in [-0.1, -0.05) is 0 Å². The number of carbonyl (C=O) groups excluding carboxylic acids is 1. The van der Waals surface area contributed by atoms with Gasteiger partial charge in [-0.25, -0.2) is 24.7 Å². The highest BCUT2D eigenvalue weighted by molar-refractivity contribution is 5.92. The van der Waals surface area contributed by atoms with E-state index in [1.807, 2.05) is 12.1 Å². The molecule has 0 aromatic carbocycles. The van der Waals surface area contributed by atoms with E-state index in [0.29, 0.717) is 34.3 Å². The van der Waals surface area contributed by atoms with Gasteiger partial charge >= 0.3 is 11.9 Å². The van der Waals surface area contributed by atoms with E-state index in [-0.39, 0.29) is 5.97 Å². The molecule has 45 heavy (non-hydrogen) atoms. The molecule has 0 aliphatic heterocycles. The van der Waals surface area contributed by atoms with Crippen molar-refractivity contribution in [3.05, 3.63) is 86.0 Å². The Balaban J connectivity index is 0.000000178. The van der Waals surface area contributed by atoms with Gasteiger partial charge in [0.1, 0.15) is 23.7 Å². The van der Waals surface area contributed by atoms with Gasteiger partial charge in [-0.05, 0) is 50.2 Å². The second-order valence-corrected chi connectivity index (χ2v) is 9.64. The lowest BCUT2D eigenvalue weighted by molar-refractivity contribution is -0.141. The normalized spacial score (nSPS) is 12.0. The van der Waals surface area contributed by atoms with Gasteiger partial charge < -0.3 is 20.5 Å². The number of ether oxygens (including phenoxy) is 1. The maximum absolute atomic E-state index is 11.7. The number of rotatable bonds is 8. The second kappa shape index (κ2) is 13.9. The van der Waals surface area contributed by atoms with Crippen molar-refractivity contribution >= 4 is 45.4 Å². The number of esters is 1. The summed E-state index contributed by atoms with van der Waals surface area (Å²) in [6, 6.07) is 9.49. The number of fused-ring (bicyclic) bond motifs is 2. The van der Waals surface area contributed by atoms with Crippen LogP contribution in [0.4, 0.5) is 11.6 Å². The van der Waals surface area contributed by atoms with Crippen LogP contribution < -0.4 is 10.6 Å². The molecule has 6 rings (SSSR count). The first-order chi connectivity index (χ1) is 21.8. The molecule has 14 nitrogen and oxygen atoms in total. The number of pyridine rings is 4. The summed E-state index contributed by atoms with van der Waals surface area (Å²) >= 11 is 0. The number of anilines is 2. The summed E-state index contributed by atoms with van der Waals surface area (Å²) in [6.45, 7) is 3.27. The Morgan fingerprint density at radius 3 is 1.49 bits per heavy atom. The molecule has 6 aromatic heterocycles. The molecule has 2 unspecified atom stereocenters. The highest BCUT2D eigenvalue weighted by atomic mass is 16.5. The average molecular weight is 605 g/mol. The van der Waals surface area contributed by atoms with Crippen LogP contribution in [0.25, 0.3) is 44.6 Å². The molecule has 0 saturated heterocycles. The predicted octanol–water partition coefficient (Wildman–Crippen LogP) is 4.03. The Kier molecular flexibility index (Phi) is 9.33. The van der Waals surface area contributed by atoms with E-state index in [9.17, 15) is 9.59 Å². The highest BCUT2D eigenvalue weighted by Crippen LogP contribution is 2.26. The Morgan fingerprint density at radius 1 is 0.644 bits per heavy atom. The molecule has 3 N–H and O–H groups in total. The lowest BCUT2D eigenvalue weighted by atomic mass is 10.2. The minimum atomic E-state index is -0.953. The van der Waals surface area contributed by atoms with Crippen LogP contribution in [-0.4, -0.2) is 76.1 Å². The summed E-state index contributed by atoms with van der Waals surface area (Å²) in [5, 5.41) is 16.6. The molecule has 0 amide bonds. The molecule has 0 fully saturated rings. The lowest BCUT2D eigenvalue weighted by Gasteiger charge is -2.14. The quantitative estimate of drug-likeness (QED) is 0.211. The molecule has 0 spiro atoms. The third-order valence-corrected chi connectivity index (χ3v) is 6.51. The van der Waals surface area contributed by atoms with Crippen molar-refractivity contribution in [1.29, 1.82) is 0 Å². The lowest BCUT2D eigenvalue weighted by Crippen LogP contribution is -2.27. The Hall–Kier alpha value is -6.18. The fraction of sp³-hybridized carbons (Fsp3) is 0.161. The van der Waals surface area contributed by atoms with Crippen LogP contribution in [0.3, 0.4) is 0 Å². The van der Waals surface area contributed by atoms with Gasteiger partial charge in [0.15, 0.2) is 11.6 Å². The van der Waals surface area contributed by atoms with E-state index in [0.717, 1.165) is 21.9 Å². The van der Waals surface area contributed by atoms with Crippen LogP contribution in [0.2, 0.25) is 0 Å². The molecular weight excluding hydrogens is 576 g/mol. The van der Waals surface area contributed by atoms with Gasteiger partial charge in [-0.15, -0.1) is 0 Å². The number of methoxy groups -OCH3 is 1. The number of hydrogen-bond donors (Lipinski definition) is 3. The summed E-state index contributed by atoms with van der Waals surface area (Å²) in [5.74, 6) is 0.731. The summed E-state index contributed by atoms with van der Waals surface area (Å²) in [4.78, 5) is 56.8. The van der Waals surface area contributed by atoms with Gasteiger partial charge in [0.05, 0.1) is 30.5 Å². The summed E-state index contributed by atoms with van der Waals surface area (Å²) < 4.78 is 4.75. The highest BCUT2D eigenvalue weighted by Gasteiger charge is 2.17. The smallest absolute Gasteiger partial charge is 0.328 e. The molecule has 14 heteroatoms. The Bertz CT molecular complexity index is 1940. The zero-order valence-corrected chi connectivity index (χ0v) is 24.5. The third-order valence-electron chi connectivity index (χ3n) is 6.51. The number of aromatic nitrogens is 8. The van der Waals surface area contributed by atoms with E-state index in [1.165, 1.54) is 7.11 Å². The molecule has 6 heterocycles. The molecular formula is C31H28N10O4. The molecule has 0 saturated carbocycles. The Labute approximate surface area is 257 Å². The SMILES string of the molecule is CC(Nc1nc(-c2ccncc2)nc2cnccc12)C(=O)O.COC(=O)C(C)Nc1nc(-c2ccncc2)nc2cnccc12. The van der Waals surface area contributed by atoms with Crippen molar-refractivity contribution in [1.82, 2.24) is 39.9 Å². The fourth-order valence-electron chi connectivity index (χ4n) is 4.15. The molecule has 2 atom stereocenters. The Morgan fingerprint density at radius 2 is 1.07 bits per heavy atom. The minimum absolute atomic E-state index is 0.365. The largest absolute Gasteiger partial charge is 0.480 e. The zero-order valence-electron chi connectivity index (χ0n) is 24.5. The van der Waals surface area contributed by atoms with E-state index >= 15 is 0 Å². The number of carboxylic acid groups (broad SMARTS) is 1. The minimum Gasteiger partial charge on any atom is -0.480 e. The van der Waals surface area contributed by atoms with Crippen molar-refractivity contribution < 1.29 is 19.4 Å². The zero-order chi connectivity index (χ0) is 31.8. The molecule has 0 radical (unpaired) electrons. The van der Waals surface area contributed by atoms with Crippen molar-refractivity contribution in [3.63, 3.8) is 0 Å². The number of carbonyl (C=O) groups is 2. The second-order valence-electron chi connectivity index (χ2n) is 9.64. The first-order valence-electron chi connectivity index (χ1n) is 13.7. The van der Waals surface area contributed by atoms with Crippen molar-refractivity contribution in [3.8, 4) is 22.8 Å². The predicted molar refractivity (Wildman–Crippen MR) is 167 cm³/mol. The van der Waals surface area contributed by atoms with E-state index in [2.05, 4.69) is 50.5 Å². The maximum atomic E-state index is 11.7. The molecule has 0 aliphatic carbocycles. The van der Waals surface area contributed by atoms with Crippen LogP contribution >= 0.6 is 0 Å². The van der Waals surface area contributed by atoms with E-state index in [4.69, 9.17) is 9.84 Å². The monoisotopic (exact) mass is 604 g/mol. The molecule has 0 aliphatic rings. The number of carboxylic acids is 1. The molecule has 226 valence electrons. The molecule has 0 bridgehead atoms. The number of nitrogens with zero attached hydrogens (tertiary/aromatic N) is 8. The van der Waals surface area contributed by atoms with Crippen LogP contribution in [0.5, 0.6) is 0 Å². The first-order valence-corrected chi connectivity index (χ1v) is 13.7. The number of hydrogen-bond acceptors (Lipinski definition) is 13. The van der Waals surface area contributed by atoms with Crippen LogP contribution in [0.15, 0.2) is 86.0 Å². The number of nitrogens with one attached hydrogen (secondary N) is 2. The van der Waals surface area contributed by atoms with Gasteiger partial charge in [0.25, 0.3) is 0 Å². The third kappa shape index (κ3) is 7.25. The van der Waals surface area contributed by atoms with Crippen LogP contribution in [-0.2, 0) is 14.3 Å². The standard InChI is InChI=1S/C16H15N5O2.C15H13N5O2/c1-10(16(22)23-2)19-15-12-5-8-18-9-13(12)20-14(21-15)11-3-6-17-7-4-11;1-9(15(21)22)18-14-11-4-7-17-8-12(11)19-13(20-14)10-2-5-16-6-3-10/h3-10H,1-2H3,(H,19,20,21);2-9H,1H3,(H,21,22)(H,18,19,20). The topological polar surface area (TPSA) is 191 Å². The van der Waals surface area contributed by atoms with E-state index in [1.54, 1.807) is 87.7 Å². The number of aliphatic carboxylic acids is 1. The summed E-state index contributed by atoms with van der Waals surface area (Å²) in [7, 11) is 1.35. The van der Waals surface area contributed by atoms with Gasteiger partial charge in [-0.2, -0.15) is 0 Å². The van der Waals surface area contributed by atoms with Crippen LogP contribution in [0, 0.1) is 0 Å². The van der Waals surface area contributed by atoms with Gasteiger partial charge in [-0.3, -0.25) is 24.7 Å².